The number of hydrogen-bond acceptors (Lipinski definition) is 5. The van der Waals surface area contributed by atoms with E-state index in [9.17, 15) is 13.6 Å². The molecule has 0 bridgehead atoms. The number of aromatic nitrogens is 4. The third-order valence-corrected chi connectivity index (χ3v) is 2.69. The summed E-state index contributed by atoms with van der Waals surface area (Å²) in [5.74, 6) is -1.72. The monoisotopic (exact) mass is 305 g/mol. The topological polar surface area (TPSA) is 92.8 Å². The Hall–Kier alpha value is -3.10. The molecule has 0 saturated carbocycles. The molecule has 2 N–H and O–H groups in total. The number of carbonyl (C=O) groups excluding carboxylic acids is 1. The van der Waals surface area contributed by atoms with E-state index in [1.807, 2.05) is 0 Å². The normalized spacial score (nSPS) is 10.7. The van der Waals surface area contributed by atoms with Gasteiger partial charge >= 0.3 is 6.01 Å². The Morgan fingerprint density at radius 3 is 2.91 bits per heavy atom. The summed E-state index contributed by atoms with van der Waals surface area (Å²) in [6.07, 6.45) is 1.37. The number of nitrogens with zero attached hydrogens (tertiary/aromatic N) is 3. The molecule has 3 aromatic rings. The Bertz CT molecular complexity index is 865. The number of fused-ring (bicyclic) bond motifs is 1. The Morgan fingerprint density at radius 1 is 1.36 bits per heavy atom. The van der Waals surface area contributed by atoms with Gasteiger partial charge in [0.15, 0.2) is 17.2 Å². The van der Waals surface area contributed by atoms with Crippen LogP contribution in [0, 0.1) is 11.6 Å². The Balaban J connectivity index is 1.90. The van der Waals surface area contributed by atoms with Crippen molar-refractivity contribution in [3.05, 3.63) is 36.0 Å². The van der Waals surface area contributed by atoms with Crippen LogP contribution in [0.1, 0.15) is 6.92 Å². The predicted octanol–water partition coefficient (Wildman–Crippen LogP) is 2.38. The summed E-state index contributed by atoms with van der Waals surface area (Å²) in [6.45, 7) is 1.35. The minimum atomic E-state index is -0.871. The van der Waals surface area contributed by atoms with Gasteiger partial charge in [-0.3, -0.25) is 9.89 Å². The summed E-state index contributed by atoms with van der Waals surface area (Å²) in [4.78, 5) is 18.9. The van der Waals surface area contributed by atoms with Crippen molar-refractivity contribution < 1.29 is 18.3 Å². The lowest BCUT2D eigenvalue weighted by Gasteiger charge is -2.04. The largest absolute Gasteiger partial charge is 0.421 e. The van der Waals surface area contributed by atoms with Crippen LogP contribution in [-0.4, -0.2) is 26.1 Å². The molecule has 0 atom stereocenters. The van der Waals surface area contributed by atoms with Gasteiger partial charge in [-0.1, -0.05) is 0 Å². The van der Waals surface area contributed by atoms with Crippen molar-refractivity contribution in [1.82, 2.24) is 20.2 Å². The molecule has 0 spiro atoms. The molecule has 0 aliphatic carbocycles. The second-order valence-electron chi connectivity index (χ2n) is 4.35. The van der Waals surface area contributed by atoms with Crippen LogP contribution in [0.2, 0.25) is 0 Å². The second-order valence-corrected chi connectivity index (χ2v) is 4.35. The molecule has 3 rings (SSSR count). The van der Waals surface area contributed by atoms with Crippen LogP contribution in [-0.2, 0) is 4.79 Å². The summed E-state index contributed by atoms with van der Waals surface area (Å²) in [7, 11) is 0. The summed E-state index contributed by atoms with van der Waals surface area (Å²) in [5, 5.41) is 9.48. The lowest BCUT2D eigenvalue weighted by Crippen LogP contribution is -2.06. The van der Waals surface area contributed by atoms with E-state index in [1.165, 1.54) is 13.1 Å². The van der Waals surface area contributed by atoms with Crippen LogP contribution in [0.15, 0.2) is 24.4 Å². The molecule has 7 nitrogen and oxygen atoms in total. The fourth-order valence-corrected chi connectivity index (χ4v) is 1.76. The van der Waals surface area contributed by atoms with Crippen molar-refractivity contribution in [2.75, 3.05) is 5.32 Å². The van der Waals surface area contributed by atoms with Gasteiger partial charge in [-0.25, -0.2) is 13.8 Å². The maximum Gasteiger partial charge on any atom is 0.324 e. The number of carbonyl (C=O) groups is 1. The first-order valence-corrected chi connectivity index (χ1v) is 6.14. The molecule has 1 amide bonds. The number of aromatic amines is 1. The molecule has 0 saturated heterocycles. The summed E-state index contributed by atoms with van der Waals surface area (Å²) in [6, 6.07) is 2.72. The SMILES string of the molecule is CC(=O)Nc1[nH]nc2nc(Oc3ccc(F)cc3F)ncc12. The smallest absolute Gasteiger partial charge is 0.324 e. The van der Waals surface area contributed by atoms with Crippen LogP contribution in [0.25, 0.3) is 11.0 Å². The average molecular weight is 305 g/mol. The van der Waals surface area contributed by atoms with Gasteiger partial charge in [-0.2, -0.15) is 10.1 Å². The van der Waals surface area contributed by atoms with Gasteiger partial charge in [0.2, 0.25) is 5.91 Å². The number of anilines is 1. The number of nitrogens with one attached hydrogen (secondary N) is 2. The van der Waals surface area contributed by atoms with Gasteiger partial charge in [-0.05, 0) is 12.1 Å². The van der Waals surface area contributed by atoms with Crippen LogP contribution in [0.5, 0.6) is 11.8 Å². The Labute approximate surface area is 122 Å². The molecule has 0 aliphatic rings. The molecule has 22 heavy (non-hydrogen) atoms. The molecule has 112 valence electrons. The molecule has 0 unspecified atom stereocenters. The third kappa shape index (κ3) is 2.68. The van der Waals surface area contributed by atoms with Gasteiger partial charge < -0.3 is 10.1 Å². The van der Waals surface area contributed by atoms with Gasteiger partial charge in [-0.15, -0.1) is 0 Å². The highest BCUT2D eigenvalue weighted by atomic mass is 19.1. The molecule has 1 aromatic carbocycles. The van der Waals surface area contributed by atoms with Crippen molar-refractivity contribution in [2.45, 2.75) is 6.92 Å². The van der Waals surface area contributed by atoms with Crippen LogP contribution < -0.4 is 10.1 Å². The first-order chi connectivity index (χ1) is 10.5. The van der Waals surface area contributed by atoms with E-state index in [0.717, 1.165) is 12.1 Å². The Morgan fingerprint density at radius 2 is 2.18 bits per heavy atom. The number of ether oxygens (including phenoxy) is 1. The van der Waals surface area contributed by atoms with Gasteiger partial charge in [0.1, 0.15) is 11.6 Å². The Kier molecular flexibility index (Phi) is 3.37. The average Bonchev–Trinajstić information content (AvgIpc) is 2.84. The minimum Gasteiger partial charge on any atom is -0.421 e. The zero-order chi connectivity index (χ0) is 15.7. The number of H-pyrrole nitrogens is 1. The van der Waals surface area contributed by atoms with E-state index in [0.29, 0.717) is 17.3 Å². The molecule has 2 heterocycles. The molecule has 2 aromatic heterocycles. The first kappa shape index (κ1) is 13.9. The molecular formula is C13H9F2N5O2. The summed E-state index contributed by atoms with van der Waals surface area (Å²) in [5.41, 5.74) is 0.233. The number of halogens is 2. The van der Waals surface area contributed by atoms with Crippen molar-refractivity contribution in [3.63, 3.8) is 0 Å². The zero-order valence-corrected chi connectivity index (χ0v) is 11.2. The lowest BCUT2D eigenvalue weighted by molar-refractivity contribution is -0.114. The van der Waals surface area contributed by atoms with Crippen molar-refractivity contribution in [1.29, 1.82) is 0 Å². The van der Waals surface area contributed by atoms with E-state index in [2.05, 4.69) is 25.5 Å². The van der Waals surface area contributed by atoms with Gasteiger partial charge in [0.05, 0.1) is 5.39 Å². The highest BCUT2D eigenvalue weighted by Crippen LogP contribution is 2.25. The van der Waals surface area contributed by atoms with Crippen molar-refractivity contribution >= 4 is 22.8 Å². The van der Waals surface area contributed by atoms with E-state index >= 15 is 0 Å². The van der Waals surface area contributed by atoms with Crippen molar-refractivity contribution in [3.8, 4) is 11.8 Å². The zero-order valence-electron chi connectivity index (χ0n) is 11.2. The predicted molar refractivity (Wildman–Crippen MR) is 72.4 cm³/mol. The highest BCUT2D eigenvalue weighted by molar-refractivity contribution is 5.97. The van der Waals surface area contributed by atoms with E-state index in [-0.39, 0.29) is 23.3 Å². The quantitative estimate of drug-likeness (QED) is 0.775. The number of benzene rings is 1. The van der Waals surface area contributed by atoms with E-state index in [4.69, 9.17) is 4.74 Å². The second kappa shape index (κ2) is 5.35. The summed E-state index contributed by atoms with van der Waals surface area (Å²) >= 11 is 0. The maximum atomic E-state index is 13.5. The fraction of sp³-hybridized carbons (Fsp3) is 0.0769. The standard InChI is InChI=1S/C13H9F2N5O2/c1-6(21)17-11-8-5-16-13(18-12(8)20-19-11)22-10-3-2-7(14)4-9(10)15/h2-5H,1H3,(H2,16,17,18,19,20,21). The van der Waals surface area contributed by atoms with Gasteiger partial charge in [0, 0.05) is 19.2 Å². The highest BCUT2D eigenvalue weighted by Gasteiger charge is 2.12. The van der Waals surface area contributed by atoms with E-state index in [1.54, 1.807) is 0 Å². The maximum absolute atomic E-state index is 13.5. The molecule has 0 aliphatic heterocycles. The first-order valence-electron chi connectivity index (χ1n) is 6.14. The number of amides is 1. The third-order valence-electron chi connectivity index (χ3n) is 2.69. The minimum absolute atomic E-state index is 0.154. The van der Waals surface area contributed by atoms with Crippen LogP contribution in [0.3, 0.4) is 0 Å². The lowest BCUT2D eigenvalue weighted by atomic mass is 10.3. The fourth-order valence-electron chi connectivity index (χ4n) is 1.76. The van der Waals surface area contributed by atoms with Crippen LogP contribution in [0.4, 0.5) is 14.6 Å². The number of rotatable bonds is 3. The van der Waals surface area contributed by atoms with Crippen LogP contribution >= 0.6 is 0 Å². The summed E-state index contributed by atoms with van der Waals surface area (Å²) < 4.78 is 31.5. The van der Waals surface area contributed by atoms with Crippen molar-refractivity contribution in [2.24, 2.45) is 0 Å². The molecule has 0 radical (unpaired) electrons. The number of hydrogen-bond donors (Lipinski definition) is 2. The van der Waals surface area contributed by atoms with Gasteiger partial charge in [0.25, 0.3) is 0 Å². The molecule has 9 heteroatoms. The van der Waals surface area contributed by atoms with E-state index < -0.39 is 11.6 Å². The molecule has 0 fully saturated rings. The molecular weight excluding hydrogens is 296 g/mol.